The molecule has 2 aromatic rings. The highest BCUT2D eigenvalue weighted by molar-refractivity contribution is 5.85. The summed E-state index contributed by atoms with van der Waals surface area (Å²) in [7, 11) is 4.47. The standard InChI is InChI=1S/C21H24O7/c1-25-15-9-13(20(23)18-11-28-18)10-16(26-2)19(15)14-7-12(5-4-6-22)8-17(27-3)21(14)24/h4-5,7-10,18,20,22-24H,6,11H2,1-3H3/b5-4+/t18-,20+/m0/s1. The fourth-order valence-electron chi connectivity index (χ4n) is 3.08. The lowest BCUT2D eigenvalue weighted by molar-refractivity contribution is 0.136. The van der Waals surface area contributed by atoms with Gasteiger partial charge in [0.2, 0.25) is 0 Å². The molecule has 0 spiro atoms. The average Bonchev–Trinajstić information content (AvgIpc) is 3.56. The molecule has 3 rings (SSSR count). The van der Waals surface area contributed by atoms with Crippen LogP contribution in [0.15, 0.2) is 30.3 Å². The number of methoxy groups -OCH3 is 3. The van der Waals surface area contributed by atoms with E-state index in [0.717, 1.165) is 5.56 Å². The third-order valence-corrected chi connectivity index (χ3v) is 4.58. The minimum absolute atomic E-state index is 0.0703. The summed E-state index contributed by atoms with van der Waals surface area (Å²) in [4.78, 5) is 0. The Hall–Kier alpha value is -2.74. The molecule has 28 heavy (non-hydrogen) atoms. The summed E-state index contributed by atoms with van der Waals surface area (Å²) < 4.78 is 21.5. The Morgan fingerprint density at radius 1 is 1.07 bits per heavy atom. The first-order valence-corrected chi connectivity index (χ1v) is 8.78. The van der Waals surface area contributed by atoms with Gasteiger partial charge in [-0.15, -0.1) is 0 Å². The number of rotatable bonds is 8. The second-order valence-corrected chi connectivity index (χ2v) is 6.32. The third kappa shape index (κ3) is 3.91. The number of hydrogen-bond donors (Lipinski definition) is 3. The summed E-state index contributed by atoms with van der Waals surface area (Å²) in [6.45, 7) is 0.395. The molecule has 2 atom stereocenters. The van der Waals surface area contributed by atoms with Crippen molar-refractivity contribution in [2.24, 2.45) is 0 Å². The highest BCUT2D eigenvalue weighted by Crippen LogP contribution is 2.48. The minimum Gasteiger partial charge on any atom is -0.504 e. The minimum atomic E-state index is -0.793. The molecule has 0 bridgehead atoms. The predicted octanol–water partition coefficient (Wildman–Crippen LogP) is 2.52. The van der Waals surface area contributed by atoms with Crippen molar-refractivity contribution in [3.05, 3.63) is 41.5 Å². The molecular weight excluding hydrogens is 364 g/mol. The maximum atomic E-state index is 10.7. The van der Waals surface area contributed by atoms with Crippen LogP contribution < -0.4 is 14.2 Å². The third-order valence-electron chi connectivity index (χ3n) is 4.58. The second kappa shape index (κ2) is 8.52. The normalized spacial score (nSPS) is 16.8. The van der Waals surface area contributed by atoms with Crippen LogP contribution in [0.4, 0.5) is 0 Å². The first kappa shape index (κ1) is 20.0. The number of benzene rings is 2. The topological polar surface area (TPSA) is 101 Å². The van der Waals surface area contributed by atoms with Gasteiger partial charge in [-0.3, -0.25) is 0 Å². The van der Waals surface area contributed by atoms with Crippen molar-refractivity contribution >= 4 is 6.08 Å². The van der Waals surface area contributed by atoms with Crippen molar-refractivity contribution in [1.29, 1.82) is 0 Å². The number of aliphatic hydroxyl groups excluding tert-OH is 2. The van der Waals surface area contributed by atoms with Crippen molar-refractivity contribution < 1.29 is 34.3 Å². The van der Waals surface area contributed by atoms with E-state index >= 15 is 0 Å². The SMILES string of the molecule is COc1cc(/C=C/CO)cc(-c2c(OC)cc([C@@H](O)[C@@H]3CO3)cc2OC)c1O. The molecule has 0 aromatic heterocycles. The molecule has 1 aliphatic rings. The van der Waals surface area contributed by atoms with Gasteiger partial charge >= 0.3 is 0 Å². The van der Waals surface area contributed by atoms with E-state index in [1.54, 1.807) is 36.4 Å². The maximum absolute atomic E-state index is 10.7. The molecule has 1 aliphatic heterocycles. The molecular formula is C21H24O7. The largest absolute Gasteiger partial charge is 0.504 e. The molecule has 0 radical (unpaired) electrons. The van der Waals surface area contributed by atoms with Gasteiger partial charge in [0, 0.05) is 5.56 Å². The maximum Gasteiger partial charge on any atom is 0.165 e. The van der Waals surface area contributed by atoms with Crippen molar-refractivity contribution in [1.82, 2.24) is 0 Å². The van der Waals surface area contributed by atoms with Crippen molar-refractivity contribution in [3.8, 4) is 34.1 Å². The zero-order chi connectivity index (χ0) is 20.3. The number of phenols is 1. The average molecular weight is 388 g/mol. The molecule has 1 heterocycles. The van der Waals surface area contributed by atoms with Crippen molar-refractivity contribution in [2.45, 2.75) is 12.2 Å². The van der Waals surface area contributed by atoms with E-state index < -0.39 is 6.10 Å². The van der Waals surface area contributed by atoms with Gasteiger partial charge in [-0.1, -0.05) is 12.2 Å². The van der Waals surface area contributed by atoms with Gasteiger partial charge < -0.3 is 34.3 Å². The lowest BCUT2D eigenvalue weighted by Crippen LogP contribution is -2.06. The Morgan fingerprint density at radius 3 is 2.18 bits per heavy atom. The fraction of sp³-hybridized carbons (Fsp3) is 0.333. The Balaban J connectivity index is 2.20. The Labute approximate surface area is 163 Å². The Kier molecular flexibility index (Phi) is 6.08. The Bertz CT molecular complexity index is 846. The van der Waals surface area contributed by atoms with Gasteiger partial charge in [0.25, 0.3) is 0 Å². The first-order chi connectivity index (χ1) is 13.5. The molecule has 0 amide bonds. The van der Waals surface area contributed by atoms with E-state index in [-0.39, 0.29) is 24.2 Å². The second-order valence-electron chi connectivity index (χ2n) is 6.32. The van der Waals surface area contributed by atoms with E-state index in [2.05, 4.69) is 0 Å². The molecule has 1 fully saturated rings. The monoisotopic (exact) mass is 388 g/mol. The van der Waals surface area contributed by atoms with Crippen LogP contribution in [0, 0.1) is 0 Å². The first-order valence-electron chi connectivity index (χ1n) is 8.78. The summed E-state index contributed by atoms with van der Waals surface area (Å²) in [5, 5.41) is 30.2. The van der Waals surface area contributed by atoms with Gasteiger partial charge in [0.15, 0.2) is 11.5 Å². The van der Waals surface area contributed by atoms with Crippen LogP contribution in [-0.2, 0) is 4.74 Å². The van der Waals surface area contributed by atoms with E-state index in [1.165, 1.54) is 21.3 Å². The molecule has 7 heteroatoms. The molecule has 2 aromatic carbocycles. The number of aliphatic hydroxyl groups is 2. The van der Waals surface area contributed by atoms with Crippen LogP contribution in [0.25, 0.3) is 17.2 Å². The number of ether oxygens (including phenoxy) is 4. The van der Waals surface area contributed by atoms with Gasteiger partial charge in [-0.2, -0.15) is 0 Å². The van der Waals surface area contributed by atoms with Gasteiger partial charge in [0.1, 0.15) is 23.7 Å². The number of aromatic hydroxyl groups is 1. The van der Waals surface area contributed by atoms with Crippen LogP contribution in [-0.4, -0.2) is 56.0 Å². The van der Waals surface area contributed by atoms with E-state index in [0.29, 0.717) is 34.8 Å². The summed E-state index contributed by atoms with van der Waals surface area (Å²) in [5.74, 6) is 1.05. The highest BCUT2D eigenvalue weighted by atomic mass is 16.6. The molecule has 150 valence electrons. The van der Waals surface area contributed by atoms with Crippen LogP contribution in [0.5, 0.6) is 23.0 Å². The van der Waals surface area contributed by atoms with Crippen molar-refractivity contribution in [2.75, 3.05) is 34.5 Å². The molecule has 1 saturated heterocycles. The van der Waals surface area contributed by atoms with Gasteiger partial charge in [-0.25, -0.2) is 0 Å². The summed E-state index contributed by atoms with van der Waals surface area (Å²) in [5.41, 5.74) is 2.28. The molecule has 0 saturated carbocycles. The summed E-state index contributed by atoms with van der Waals surface area (Å²) in [6.07, 6.45) is 2.27. The quantitative estimate of drug-likeness (QED) is 0.598. The smallest absolute Gasteiger partial charge is 0.165 e. The lowest BCUT2D eigenvalue weighted by Gasteiger charge is -2.19. The molecule has 0 aliphatic carbocycles. The van der Waals surface area contributed by atoms with Crippen LogP contribution in [0.2, 0.25) is 0 Å². The summed E-state index contributed by atoms with van der Waals surface area (Å²) >= 11 is 0. The van der Waals surface area contributed by atoms with Crippen molar-refractivity contribution in [3.63, 3.8) is 0 Å². The number of hydrogen-bond acceptors (Lipinski definition) is 7. The lowest BCUT2D eigenvalue weighted by atomic mass is 9.95. The zero-order valence-corrected chi connectivity index (χ0v) is 16.0. The number of epoxide rings is 1. The number of phenolic OH excluding ortho intramolecular Hbond substituents is 1. The fourth-order valence-corrected chi connectivity index (χ4v) is 3.08. The van der Waals surface area contributed by atoms with E-state index in [1.807, 2.05) is 0 Å². The van der Waals surface area contributed by atoms with Crippen LogP contribution in [0.3, 0.4) is 0 Å². The van der Waals surface area contributed by atoms with Crippen LogP contribution >= 0.6 is 0 Å². The zero-order valence-electron chi connectivity index (χ0n) is 16.0. The Morgan fingerprint density at radius 2 is 1.68 bits per heavy atom. The predicted molar refractivity (Wildman–Crippen MR) is 104 cm³/mol. The molecule has 3 N–H and O–H groups in total. The molecule has 0 unspecified atom stereocenters. The van der Waals surface area contributed by atoms with E-state index in [9.17, 15) is 10.2 Å². The van der Waals surface area contributed by atoms with Gasteiger partial charge in [-0.05, 0) is 35.4 Å². The van der Waals surface area contributed by atoms with Crippen LogP contribution in [0.1, 0.15) is 17.2 Å². The van der Waals surface area contributed by atoms with E-state index in [4.69, 9.17) is 24.1 Å². The summed E-state index contributed by atoms with van der Waals surface area (Å²) in [6, 6.07) is 6.80. The van der Waals surface area contributed by atoms with Gasteiger partial charge in [0.05, 0.1) is 40.1 Å². The molecule has 7 nitrogen and oxygen atoms in total. The highest BCUT2D eigenvalue weighted by Gasteiger charge is 2.34.